The molecule has 1 aliphatic rings. The number of rotatable bonds is 6. The minimum absolute atomic E-state index is 0.421. The number of hydrogen-bond acceptors (Lipinski definition) is 4. The van der Waals surface area contributed by atoms with E-state index in [0.717, 1.165) is 52.9 Å². The summed E-state index contributed by atoms with van der Waals surface area (Å²) in [4.78, 5) is 4.77. The van der Waals surface area contributed by atoms with Gasteiger partial charge in [-0.05, 0) is 46.3 Å². The van der Waals surface area contributed by atoms with Gasteiger partial charge in [0.05, 0.1) is 23.7 Å². The first-order valence-electron chi connectivity index (χ1n) is 10.6. The second-order valence-corrected chi connectivity index (χ2v) is 10.1. The second-order valence-electron chi connectivity index (χ2n) is 8.25. The van der Waals surface area contributed by atoms with E-state index in [-0.39, 0.29) is 0 Å². The maximum atomic E-state index is 10.9. The van der Waals surface area contributed by atoms with Crippen LogP contribution in [0.1, 0.15) is 5.76 Å². The first kappa shape index (κ1) is 21.2. The molecule has 0 aliphatic carbocycles. The van der Waals surface area contributed by atoms with E-state index in [9.17, 15) is 5.11 Å². The van der Waals surface area contributed by atoms with Gasteiger partial charge < -0.3 is 14.1 Å². The average molecular weight is 547 g/mol. The summed E-state index contributed by atoms with van der Waals surface area (Å²) in [6, 6.07) is 16.8. The van der Waals surface area contributed by atoms with Crippen LogP contribution in [-0.2, 0) is 13.1 Å². The van der Waals surface area contributed by atoms with Crippen LogP contribution in [0.25, 0.3) is 21.8 Å². The first-order chi connectivity index (χ1) is 15.1. The van der Waals surface area contributed by atoms with Crippen LogP contribution in [-0.4, -0.2) is 58.3 Å². The third-order valence-corrected chi connectivity index (χ3v) is 6.97. The van der Waals surface area contributed by atoms with E-state index in [2.05, 4.69) is 88.7 Å². The highest BCUT2D eigenvalue weighted by atomic mass is 79.9. The van der Waals surface area contributed by atoms with Crippen molar-refractivity contribution in [3.8, 4) is 0 Å². The van der Waals surface area contributed by atoms with Crippen LogP contribution in [0, 0.1) is 0 Å². The topological polar surface area (TPSA) is 44.8 Å². The Kier molecular flexibility index (Phi) is 6.21. The quantitative estimate of drug-likeness (QED) is 0.366. The monoisotopic (exact) mass is 545 g/mol. The molecule has 4 aromatic rings. The number of hydrogen-bond donors (Lipinski definition) is 1. The van der Waals surface area contributed by atoms with Crippen molar-refractivity contribution in [1.82, 2.24) is 14.4 Å². The standard InChI is InChI=1S/C24H25Br2N3O2/c25-17-5-6-24-22(12-17)21-3-1-2-4-23(21)29(24)14-19(30)13-27-7-9-28(10-8-27)15-20-11-18(26)16-31-20/h1-6,11-12,16,19,30H,7-10,13-15H2. The Morgan fingerprint density at radius 2 is 1.58 bits per heavy atom. The summed E-state index contributed by atoms with van der Waals surface area (Å²) in [6.07, 6.45) is 1.31. The van der Waals surface area contributed by atoms with Gasteiger partial charge in [0, 0.05) is 59.0 Å². The number of aliphatic hydroxyl groups excluding tert-OH is 1. The molecule has 1 fully saturated rings. The van der Waals surface area contributed by atoms with Gasteiger partial charge in [-0.3, -0.25) is 9.80 Å². The second kappa shape index (κ2) is 9.08. The number of aromatic nitrogens is 1. The molecule has 162 valence electrons. The zero-order valence-corrected chi connectivity index (χ0v) is 20.3. The number of aliphatic hydroxyl groups is 1. The molecule has 0 spiro atoms. The summed E-state index contributed by atoms with van der Waals surface area (Å²) in [7, 11) is 0. The molecule has 7 heteroatoms. The third kappa shape index (κ3) is 4.61. The van der Waals surface area contributed by atoms with Gasteiger partial charge in [-0.1, -0.05) is 34.1 Å². The predicted molar refractivity (Wildman–Crippen MR) is 131 cm³/mol. The molecule has 1 aliphatic heterocycles. The Hall–Kier alpha value is -1.64. The van der Waals surface area contributed by atoms with Crippen molar-refractivity contribution in [2.75, 3.05) is 32.7 Å². The van der Waals surface area contributed by atoms with Crippen molar-refractivity contribution in [2.45, 2.75) is 19.2 Å². The molecule has 1 atom stereocenters. The Labute approximate surface area is 198 Å². The minimum atomic E-state index is -0.421. The van der Waals surface area contributed by atoms with Gasteiger partial charge in [-0.2, -0.15) is 0 Å². The fourth-order valence-electron chi connectivity index (χ4n) is 4.58. The van der Waals surface area contributed by atoms with Crippen LogP contribution in [0.5, 0.6) is 0 Å². The molecule has 5 nitrogen and oxygen atoms in total. The van der Waals surface area contributed by atoms with Gasteiger partial charge >= 0.3 is 0 Å². The number of halogens is 2. The number of fused-ring (bicyclic) bond motifs is 3. The lowest BCUT2D eigenvalue weighted by molar-refractivity contribution is 0.0614. The average Bonchev–Trinajstić information content (AvgIpc) is 3.30. The largest absolute Gasteiger partial charge is 0.467 e. The highest BCUT2D eigenvalue weighted by molar-refractivity contribution is 9.10. The zero-order valence-electron chi connectivity index (χ0n) is 17.2. The number of furan rings is 1. The molecule has 1 unspecified atom stereocenters. The fourth-order valence-corrected chi connectivity index (χ4v) is 5.29. The SMILES string of the molecule is OC(CN1CCN(Cc2cc(Br)co2)CC1)Cn1c2ccccc2c2cc(Br)ccc21. The Morgan fingerprint density at radius 3 is 2.35 bits per heavy atom. The highest BCUT2D eigenvalue weighted by Gasteiger charge is 2.21. The number of β-amino-alcohol motifs (C(OH)–C–C–N with tert-alkyl or cyclic N) is 1. The van der Waals surface area contributed by atoms with Crippen LogP contribution in [0.2, 0.25) is 0 Å². The summed E-state index contributed by atoms with van der Waals surface area (Å²) in [6.45, 7) is 5.98. The van der Waals surface area contributed by atoms with E-state index >= 15 is 0 Å². The van der Waals surface area contributed by atoms with E-state index in [1.807, 2.05) is 6.07 Å². The summed E-state index contributed by atoms with van der Waals surface area (Å²) < 4.78 is 9.86. The molecule has 2 aromatic carbocycles. The van der Waals surface area contributed by atoms with Crippen LogP contribution >= 0.6 is 31.9 Å². The molecule has 0 radical (unpaired) electrons. The first-order valence-corrected chi connectivity index (χ1v) is 12.2. The maximum Gasteiger partial charge on any atom is 0.118 e. The summed E-state index contributed by atoms with van der Waals surface area (Å²) >= 11 is 7.03. The van der Waals surface area contributed by atoms with Gasteiger partial charge in [-0.15, -0.1) is 0 Å². The molecule has 5 rings (SSSR count). The van der Waals surface area contributed by atoms with E-state index in [1.54, 1.807) is 6.26 Å². The van der Waals surface area contributed by atoms with Gasteiger partial charge in [-0.25, -0.2) is 0 Å². The Bertz CT molecular complexity index is 1190. The van der Waals surface area contributed by atoms with Crippen molar-refractivity contribution >= 4 is 53.7 Å². The van der Waals surface area contributed by atoms with E-state index in [0.29, 0.717) is 13.1 Å². The smallest absolute Gasteiger partial charge is 0.118 e. The summed E-state index contributed by atoms with van der Waals surface area (Å²) in [5.41, 5.74) is 2.34. The van der Waals surface area contributed by atoms with E-state index in [4.69, 9.17) is 4.42 Å². The lowest BCUT2D eigenvalue weighted by Crippen LogP contribution is -2.48. The van der Waals surface area contributed by atoms with Crippen LogP contribution < -0.4 is 0 Å². The molecular weight excluding hydrogens is 522 g/mol. The number of piperazine rings is 1. The van der Waals surface area contributed by atoms with Gasteiger partial charge in [0.2, 0.25) is 0 Å². The number of para-hydroxylation sites is 1. The van der Waals surface area contributed by atoms with Gasteiger partial charge in [0.1, 0.15) is 12.0 Å². The lowest BCUT2D eigenvalue weighted by Gasteiger charge is -2.35. The highest BCUT2D eigenvalue weighted by Crippen LogP contribution is 2.31. The van der Waals surface area contributed by atoms with Crippen molar-refractivity contribution < 1.29 is 9.52 Å². The van der Waals surface area contributed by atoms with Gasteiger partial charge in [0.15, 0.2) is 0 Å². The molecule has 0 amide bonds. The molecule has 1 N–H and O–H groups in total. The van der Waals surface area contributed by atoms with Crippen LogP contribution in [0.4, 0.5) is 0 Å². The zero-order chi connectivity index (χ0) is 21.4. The fraction of sp³-hybridized carbons (Fsp3) is 0.333. The van der Waals surface area contributed by atoms with Gasteiger partial charge in [0.25, 0.3) is 0 Å². The van der Waals surface area contributed by atoms with Crippen molar-refractivity contribution in [2.24, 2.45) is 0 Å². The molecule has 2 aromatic heterocycles. The van der Waals surface area contributed by atoms with Crippen molar-refractivity contribution in [1.29, 1.82) is 0 Å². The molecule has 0 saturated carbocycles. The predicted octanol–water partition coefficient (Wildman–Crippen LogP) is 5.09. The molecular formula is C24H25Br2N3O2. The normalized spacial score (nSPS) is 17.0. The van der Waals surface area contributed by atoms with Crippen LogP contribution in [0.15, 0.2) is 68.2 Å². The van der Waals surface area contributed by atoms with E-state index in [1.165, 1.54) is 16.3 Å². The molecule has 3 heterocycles. The van der Waals surface area contributed by atoms with E-state index < -0.39 is 6.10 Å². The summed E-state index contributed by atoms with van der Waals surface area (Å²) in [5, 5.41) is 13.4. The number of benzene rings is 2. The molecule has 31 heavy (non-hydrogen) atoms. The van der Waals surface area contributed by atoms with Crippen LogP contribution in [0.3, 0.4) is 0 Å². The minimum Gasteiger partial charge on any atom is -0.467 e. The maximum absolute atomic E-state index is 10.9. The van der Waals surface area contributed by atoms with Crippen molar-refractivity contribution in [3.05, 3.63) is 69.5 Å². The Balaban J connectivity index is 1.24. The third-order valence-electron chi connectivity index (χ3n) is 6.06. The lowest BCUT2D eigenvalue weighted by atomic mass is 10.2. The molecule has 1 saturated heterocycles. The summed E-state index contributed by atoms with van der Waals surface area (Å²) in [5.74, 6) is 0.985. The number of nitrogens with zero attached hydrogens (tertiary/aromatic N) is 3. The van der Waals surface area contributed by atoms with Crippen molar-refractivity contribution in [3.63, 3.8) is 0 Å². The Morgan fingerprint density at radius 1 is 0.839 bits per heavy atom. The molecule has 0 bridgehead atoms.